The van der Waals surface area contributed by atoms with Crippen molar-refractivity contribution < 1.29 is 0 Å². The normalized spacial score (nSPS) is 16.1. The minimum Gasteiger partial charge on any atom is -0.346 e. The van der Waals surface area contributed by atoms with Gasteiger partial charge in [0.05, 0.1) is 0 Å². The van der Waals surface area contributed by atoms with Crippen LogP contribution in [0.3, 0.4) is 0 Å². The molecule has 1 fully saturated rings. The summed E-state index contributed by atoms with van der Waals surface area (Å²) in [7, 11) is 0. The molecule has 0 aliphatic carbocycles. The predicted molar refractivity (Wildman–Crippen MR) is 98.3 cm³/mol. The maximum absolute atomic E-state index is 4.42. The number of hydrogen-bond donors (Lipinski definition) is 0. The van der Waals surface area contributed by atoms with Gasteiger partial charge < -0.3 is 4.90 Å². The van der Waals surface area contributed by atoms with E-state index in [0.29, 0.717) is 0 Å². The molecule has 4 rings (SSSR count). The Morgan fingerprint density at radius 3 is 2.57 bits per heavy atom. The molecule has 0 N–H and O–H groups in total. The number of fused-ring (bicyclic) bond motifs is 1. The van der Waals surface area contributed by atoms with E-state index in [2.05, 4.69) is 63.5 Å². The first-order valence-corrected chi connectivity index (χ1v) is 9.02. The zero-order valence-electron chi connectivity index (χ0n) is 13.4. The lowest BCUT2D eigenvalue weighted by atomic mass is 10.0. The smallest absolute Gasteiger partial charge is 0.185 e. The molecule has 0 radical (unpaired) electrons. The van der Waals surface area contributed by atoms with E-state index in [9.17, 15) is 0 Å². The minimum absolute atomic E-state index is 1.04. The molecule has 1 aliphatic rings. The van der Waals surface area contributed by atoms with Gasteiger partial charge in [-0.2, -0.15) is 0 Å². The molecule has 3 nitrogen and oxygen atoms in total. The quantitative estimate of drug-likeness (QED) is 0.728. The van der Waals surface area contributed by atoms with Crippen molar-refractivity contribution in [1.82, 2.24) is 9.88 Å². The van der Waals surface area contributed by atoms with E-state index in [4.69, 9.17) is 0 Å². The number of aryl methyl sites for hydroxylation is 1. The van der Waals surface area contributed by atoms with Gasteiger partial charge >= 0.3 is 0 Å². The van der Waals surface area contributed by atoms with Gasteiger partial charge in [-0.15, -0.1) is 11.3 Å². The molecule has 118 valence electrons. The molecule has 0 bridgehead atoms. The number of piperazine rings is 1. The Kier molecular flexibility index (Phi) is 4.02. The van der Waals surface area contributed by atoms with E-state index >= 15 is 0 Å². The summed E-state index contributed by atoms with van der Waals surface area (Å²) in [5, 5.41) is 5.89. The molecule has 23 heavy (non-hydrogen) atoms. The largest absolute Gasteiger partial charge is 0.346 e. The summed E-state index contributed by atoms with van der Waals surface area (Å²) in [5.74, 6) is 0. The SMILES string of the molecule is Cc1ccc2cc(CN3CCN(c4nccs4)CC3)ccc2c1. The van der Waals surface area contributed by atoms with Crippen molar-refractivity contribution in [3.05, 3.63) is 59.1 Å². The Labute approximate surface area is 141 Å². The fourth-order valence-electron chi connectivity index (χ4n) is 3.24. The van der Waals surface area contributed by atoms with E-state index in [0.717, 1.165) is 37.9 Å². The lowest BCUT2D eigenvalue weighted by molar-refractivity contribution is 0.250. The maximum Gasteiger partial charge on any atom is 0.185 e. The van der Waals surface area contributed by atoms with Gasteiger partial charge in [0.2, 0.25) is 0 Å². The third kappa shape index (κ3) is 3.23. The van der Waals surface area contributed by atoms with Crippen LogP contribution in [-0.2, 0) is 6.54 Å². The fraction of sp³-hybridized carbons (Fsp3) is 0.316. The fourth-order valence-corrected chi connectivity index (χ4v) is 3.94. The number of thiazole rings is 1. The van der Waals surface area contributed by atoms with Gasteiger partial charge in [-0.05, 0) is 29.3 Å². The molecule has 1 aromatic heterocycles. The third-order valence-electron chi connectivity index (χ3n) is 4.53. The lowest BCUT2D eigenvalue weighted by Crippen LogP contribution is -2.45. The Bertz CT molecular complexity index is 789. The van der Waals surface area contributed by atoms with Crippen LogP contribution in [0.1, 0.15) is 11.1 Å². The number of aromatic nitrogens is 1. The Morgan fingerprint density at radius 1 is 1.00 bits per heavy atom. The number of hydrogen-bond acceptors (Lipinski definition) is 4. The highest BCUT2D eigenvalue weighted by atomic mass is 32.1. The maximum atomic E-state index is 4.42. The van der Waals surface area contributed by atoms with E-state index in [-0.39, 0.29) is 0 Å². The number of benzene rings is 2. The predicted octanol–water partition coefficient (Wildman–Crippen LogP) is 3.93. The molecule has 0 amide bonds. The molecule has 0 spiro atoms. The molecule has 2 heterocycles. The Morgan fingerprint density at radius 2 is 1.78 bits per heavy atom. The molecule has 2 aromatic carbocycles. The monoisotopic (exact) mass is 323 g/mol. The second kappa shape index (κ2) is 6.30. The van der Waals surface area contributed by atoms with Gasteiger partial charge in [0.15, 0.2) is 5.13 Å². The van der Waals surface area contributed by atoms with Crippen molar-refractivity contribution in [1.29, 1.82) is 0 Å². The third-order valence-corrected chi connectivity index (χ3v) is 5.36. The highest BCUT2D eigenvalue weighted by Crippen LogP contribution is 2.21. The first-order valence-electron chi connectivity index (χ1n) is 8.14. The first kappa shape index (κ1) is 14.7. The van der Waals surface area contributed by atoms with Crippen LogP contribution < -0.4 is 4.90 Å². The second-order valence-corrected chi connectivity index (χ2v) is 7.14. The Balaban J connectivity index is 1.42. The van der Waals surface area contributed by atoms with Crippen molar-refractivity contribution in [3.63, 3.8) is 0 Å². The summed E-state index contributed by atoms with van der Waals surface area (Å²) in [6, 6.07) is 13.5. The van der Waals surface area contributed by atoms with E-state index in [1.54, 1.807) is 11.3 Å². The average Bonchev–Trinajstić information content (AvgIpc) is 3.10. The Hall–Kier alpha value is -1.91. The van der Waals surface area contributed by atoms with Crippen molar-refractivity contribution >= 4 is 27.2 Å². The van der Waals surface area contributed by atoms with Crippen LogP contribution in [0.2, 0.25) is 0 Å². The molecule has 0 unspecified atom stereocenters. The van der Waals surface area contributed by atoms with E-state index < -0.39 is 0 Å². The first-order chi connectivity index (χ1) is 11.3. The summed E-state index contributed by atoms with van der Waals surface area (Å²) in [4.78, 5) is 9.35. The second-order valence-electron chi connectivity index (χ2n) is 6.26. The van der Waals surface area contributed by atoms with Gasteiger partial charge in [0.1, 0.15) is 0 Å². The number of anilines is 1. The van der Waals surface area contributed by atoms with Crippen LogP contribution in [0.5, 0.6) is 0 Å². The zero-order valence-corrected chi connectivity index (χ0v) is 14.2. The van der Waals surface area contributed by atoms with Crippen molar-refractivity contribution in [2.24, 2.45) is 0 Å². The van der Waals surface area contributed by atoms with Crippen LogP contribution in [-0.4, -0.2) is 36.1 Å². The van der Waals surface area contributed by atoms with Crippen LogP contribution >= 0.6 is 11.3 Å². The summed E-state index contributed by atoms with van der Waals surface area (Å²) >= 11 is 1.73. The zero-order chi connectivity index (χ0) is 15.6. The highest BCUT2D eigenvalue weighted by Gasteiger charge is 2.18. The van der Waals surface area contributed by atoms with Crippen molar-refractivity contribution in [2.75, 3.05) is 31.1 Å². The average molecular weight is 323 g/mol. The van der Waals surface area contributed by atoms with E-state index in [1.807, 2.05) is 6.20 Å². The van der Waals surface area contributed by atoms with Crippen LogP contribution in [0, 0.1) is 6.92 Å². The number of rotatable bonds is 3. The van der Waals surface area contributed by atoms with Crippen molar-refractivity contribution in [3.8, 4) is 0 Å². The van der Waals surface area contributed by atoms with E-state index in [1.165, 1.54) is 21.9 Å². The van der Waals surface area contributed by atoms with Crippen molar-refractivity contribution in [2.45, 2.75) is 13.5 Å². The summed E-state index contributed by atoms with van der Waals surface area (Å²) in [6.07, 6.45) is 1.89. The molecule has 1 saturated heterocycles. The van der Waals surface area contributed by atoms with Gasteiger partial charge in [-0.25, -0.2) is 4.98 Å². The molecular formula is C19H21N3S. The molecule has 0 saturated carbocycles. The highest BCUT2D eigenvalue weighted by molar-refractivity contribution is 7.13. The van der Waals surface area contributed by atoms with Gasteiger partial charge in [0, 0.05) is 44.3 Å². The summed E-state index contributed by atoms with van der Waals surface area (Å²) in [6.45, 7) is 7.53. The molecule has 4 heteroatoms. The molecule has 1 aliphatic heterocycles. The summed E-state index contributed by atoms with van der Waals surface area (Å²) in [5.41, 5.74) is 2.73. The van der Waals surface area contributed by atoms with Gasteiger partial charge in [-0.1, -0.05) is 35.9 Å². The summed E-state index contributed by atoms with van der Waals surface area (Å²) < 4.78 is 0. The lowest BCUT2D eigenvalue weighted by Gasteiger charge is -2.34. The number of nitrogens with zero attached hydrogens (tertiary/aromatic N) is 3. The molecule has 3 aromatic rings. The van der Waals surface area contributed by atoms with Gasteiger partial charge in [-0.3, -0.25) is 4.90 Å². The topological polar surface area (TPSA) is 19.4 Å². The van der Waals surface area contributed by atoms with Crippen LogP contribution in [0.25, 0.3) is 10.8 Å². The minimum atomic E-state index is 1.04. The molecule has 0 atom stereocenters. The molecular weight excluding hydrogens is 302 g/mol. The standard InChI is InChI=1S/C19H21N3S/c1-15-2-4-18-13-16(3-5-17(18)12-15)14-21-7-9-22(10-8-21)19-20-6-11-23-19/h2-6,11-13H,7-10,14H2,1H3. The van der Waals surface area contributed by atoms with Crippen LogP contribution in [0.4, 0.5) is 5.13 Å². The van der Waals surface area contributed by atoms with Gasteiger partial charge in [0.25, 0.3) is 0 Å². The van der Waals surface area contributed by atoms with Crippen LogP contribution in [0.15, 0.2) is 48.0 Å².